The molecular formula is C12H19N3O3S. The van der Waals surface area contributed by atoms with E-state index in [1.807, 2.05) is 11.9 Å². The molecule has 0 bridgehead atoms. The lowest BCUT2D eigenvalue weighted by Crippen LogP contribution is -2.36. The minimum Gasteiger partial charge on any atom is -0.398 e. The first kappa shape index (κ1) is 14.1. The van der Waals surface area contributed by atoms with Crippen LogP contribution < -0.4 is 11.3 Å². The van der Waals surface area contributed by atoms with Crippen molar-refractivity contribution < 1.29 is 8.42 Å². The van der Waals surface area contributed by atoms with Crippen molar-refractivity contribution in [1.82, 2.24) is 9.47 Å². The molecule has 19 heavy (non-hydrogen) atoms. The SMILES string of the molecule is CN(CCn1cc(N)ccc1=O)C1CCS(=O)(=O)C1. The Morgan fingerprint density at radius 3 is 2.84 bits per heavy atom. The summed E-state index contributed by atoms with van der Waals surface area (Å²) < 4.78 is 24.4. The molecule has 0 amide bonds. The molecule has 106 valence electrons. The predicted octanol–water partition coefficient (Wildman–Crippen LogP) is -0.451. The second-order valence-corrected chi connectivity index (χ2v) is 7.26. The highest BCUT2D eigenvalue weighted by Crippen LogP contribution is 2.16. The number of hydrogen-bond acceptors (Lipinski definition) is 5. The molecule has 0 radical (unpaired) electrons. The van der Waals surface area contributed by atoms with E-state index in [0.29, 0.717) is 25.2 Å². The minimum absolute atomic E-state index is 0.0572. The van der Waals surface area contributed by atoms with E-state index < -0.39 is 9.84 Å². The second-order valence-electron chi connectivity index (χ2n) is 5.03. The Balaban J connectivity index is 1.95. The highest BCUT2D eigenvalue weighted by atomic mass is 32.2. The molecular weight excluding hydrogens is 266 g/mol. The van der Waals surface area contributed by atoms with Gasteiger partial charge in [0.05, 0.1) is 11.5 Å². The Morgan fingerprint density at radius 1 is 1.47 bits per heavy atom. The zero-order valence-corrected chi connectivity index (χ0v) is 11.8. The fraction of sp³-hybridized carbons (Fsp3) is 0.583. The van der Waals surface area contributed by atoms with Crippen molar-refractivity contribution in [2.45, 2.75) is 19.0 Å². The van der Waals surface area contributed by atoms with Crippen molar-refractivity contribution in [2.24, 2.45) is 0 Å². The molecule has 2 rings (SSSR count). The van der Waals surface area contributed by atoms with Gasteiger partial charge in [-0.1, -0.05) is 0 Å². The number of sulfone groups is 1. The highest BCUT2D eigenvalue weighted by Gasteiger charge is 2.30. The van der Waals surface area contributed by atoms with E-state index in [2.05, 4.69) is 0 Å². The molecule has 0 aliphatic carbocycles. The van der Waals surface area contributed by atoms with E-state index in [9.17, 15) is 13.2 Å². The third kappa shape index (κ3) is 3.57. The first-order valence-corrected chi connectivity index (χ1v) is 8.06. The average molecular weight is 285 g/mol. The lowest BCUT2D eigenvalue weighted by molar-refractivity contribution is 0.251. The van der Waals surface area contributed by atoms with Crippen molar-refractivity contribution in [3.63, 3.8) is 0 Å². The molecule has 1 unspecified atom stereocenters. The van der Waals surface area contributed by atoms with Gasteiger partial charge in [-0.05, 0) is 19.5 Å². The predicted molar refractivity (Wildman–Crippen MR) is 74.8 cm³/mol. The molecule has 1 aromatic heterocycles. The lowest BCUT2D eigenvalue weighted by atomic mass is 10.2. The standard InChI is InChI=1S/C12H19N3O3S/c1-14(11-4-7-19(17,18)9-11)5-6-15-8-10(13)2-3-12(15)16/h2-3,8,11H,4-7,9,13H2,1H3. The van der Waals surface area contributed by atoms with Gasteiger partial charge < -0.3 is 15.2 Å². The number of nitrogen functional groups attached to an aromatic ring is 1. The average Bonchev–Trinajstić information content (AvgIpc) is 2.70. The van der Waals surface area contributed by atoms with Gasteiger partial charge in [0.2, 0.25) is 0 Å². The van der Waals surface area contributed by atoms with Gasteiger partial charge in [-0.15, -0.1) is 0 Å². The van der Waals surface area contributed by atoms with Crippen molar-refractivity contribution in [3.8, 4) is 0 Å². The largest absolute Gasteiger partial charge is 0.398 e. The van der Waals surface area contributed by atoms with Gasteiger partial charge >= 0.3 is 0 Å². The number of nitrogens with zero attached hydrogens (tertiary/aromatic N) is 2. The minimum atomic E-state index is -2.87. The maximum absolute atomic E-state index is 11.6. The summed E-state index contributed by atoms with van der Waals surface area (Å²) in [6.45, 7) is 1.14. The van der Waals surface area contributed by atoms with Crippen LogP contribution in [0.2, 0.25) is 0 Å². The Bertz CT molecular complexity index is 609. The number of hydrogen-bond donors (Lipinski definition) is 1. The number of aromatic nitrogens is 1. The lowest BCUT2D eigenvalue weighted by Gasteiger charge is -2.23. The molecule has 1 atom stereocenters. The molecule has 0 aromatic carbocycles. The van der Waals surface area contributed by atoms with E-state index in [-0.39, 0.29) is 23.1 Å². The van der Waals surface area contributed by atoms with Crippen LogP contribution in [0.5, 0.6) is 0 Å². The van der Waals surface area contributed by atoms with Crippen molar-refractivity contribution >= 4 is 15.5 Å². The summed E-state index contributed by atoms with van der Waals surface area (Å²) in [5.74, 6) is 0.482. The molecule has 0 saturated carbocycles. The summed E-state index contributed by atoms with van der Waals surface area (Å²) >= 11 is 0. The number of nitrogens with two attached hydrogens (primary N) is 1. The van der Waals surface area contributed by atoms with Gasteiger partial charge in [-0.25, -0.2) is 8.42 Å². The van der Waals surface area contributed by atoms with Crippen LogP contribution in [0.3, 0.4) is 0 Å². The van der Waals surface area contributed by atoms with E-state index in [1.165, 1.54) is 6.07 Å². The van der Waals surface area contributed by atoms with Crippen LogP contribution in [0.25, 0.3) is 0 Å². The van der Waals surface area contributed by atoms with Gasteiger partial charge in [0, 0.05) is 37.1 Å². The number of pyridine rings is 1. The highest BCUT2D eigenvalue weighted by molar-refractivity contribution is 7.91. The van der Waals surface area contributed by atoms with E-state index in [4.69, 9.17) is 5.73 Å². The summed E-state index contributed by atoms with van der Waals surface area (Å²) in [5.41, 5.74) is 6.09. The second kappa shape index (κ2) is 5.34. The maximum Gasteiger partial charge on any atom is 0.250 e. The molecule has 1 fully saturated rings. The zero-order chi connectivity index (χ0) is 14.0. The van der Waals surface area contributed by atoms with Crippen molar-refractivity contribution in [2.75, 3.05) is 30.8 Å². The Morgan fingerprint density at radius 2 is 2.21 bits per heavy atom. The van der Waals surface area contributed by atoms with Gasteiger partial charge in [0.1, 0.15) is 0 Å². The molecule has 0 spiro atoms. The van der Waals surface area contributed by atoms with Gasteiger partial charge in [-0.2, -0.15) is 0 Å². The molecule has 1 aliphatic heterocycles. The fourth-order valence-corrected chi connectivity index (χ4v) is 4.10. The third-order valence-corrected chi connectivity index (χ3v) is 5.28. The Kier molecular flexibility index (Phi) is 3.96. The molecule has 2 heterocycles. The van der Waals surface area contributed by atoms with Crippen molar-refractivity contribution in [3.05, 3.63) is 28.7 Å². The number of likely N-dealkylation sites (N-methyl/N-ethyl adjacent to an activating group) is 1. The fourth-order valence-electron chi connectivity index (χ4n) is 2.30. The normalized spacial score (nSPS) is 21.9. The summed E-state index contributed by atoms with van der Waals surface area (Å²) in [7, 11) is -0.977. The third-order valence-electron chi connectivity index (χ3n) is 3.53. The summed E-state index contributed by atoms with van der Waals surface area (Å²) in [4.78, 5) is 13.6. The van der Waals surface area contributed by atoms with Crippen molar-refractivity contribution in [1.29, 1.82) is 0 Å². The van der Waals surface area contributed by atoms with Crippen LogP contribution in [-0.2, 0) is 16.4 Å². The number of rotatable bonds is 4. The number of anilines is 1. The van der Waals surface area contributed by atoms with Crippen LogP contribution in [0.4, 0.5) is 5.69 Å². The molecule has 1 aromatic rings. The molecule has 7 heteroatoms. The zero-order valence-electron chi connectivity index (χ0n) is 10.9. The van der Waals surface area contributed by atoms with Gasteiger partial charge in [0.25, 0.3) is 5.56 Å². The van der Waals surface area contributed by atoms with Crippen LogP contribution >= 0.6 is 0 Å². The first-order chi connectivity index (χ1) is 8.87. The quantitative estimate of drug-likeness (QED) is 0.810. The van der Waals surface area contributed by atoms with Gasteiger partial charge in [0.15, 0.2) is 9.84 Å². The molecule has 1 saturated heterocycles. The van der Waals surface area contributed by atoms with E-state index in [0.717, 1.165) is 0 Å². The van der Waals surface area contributed by atoms with E-state index in [1.54, 1.807) is 16.8 Å². The molecule has 1 aliphatic rings. The summed E-state index contributed by atoms with van der Waals surface area (Å²) in [6, 6.07) is 3.07. The van der Waals surface area contributed by atoms with Crippen LogP contribution in [0.15, 0.2) is 23.1 Å². The van der Waals surface area contributed by atoms with Crippen LogP contribution in [0.1, 0.15) is 6.42 Å². The monoisotopic (exact) mass is 285 g/mol. The summed E-state index contributed by atoms with van der Waals surface area (Å²) in [6.07, 6.45) is 2.28. The Hall–Kier alpha value is -1.34. The smallest absolute Gasteiger partial charge is 0.250 e. The topological polar surface area (TPSA) is 85.4 Å². The molecule has 6 nitrogen and oxygen atoms in total. The van der Waals surface area contributed by atoms with E-state index >= 15 is 0 Å². The molecule has 2 N–H and O–H groups in total. The maximum atomic E-state index is 11.6. The van der Waals surface area contributed by atoms with Crippen LogP contribution in [0, 0.1) is 0 Å². The Labute approximate surface area is 112 Å². The van der Waals surface area contributed by atoms with Gasteiger partial charge in [-0.3, -0.25) is 4.79 Å². The van der Waals surface area contributed by atoms with Crippen LogP contribution in [-0.4, -0.2) is 49.0 Å². The summed E-state index contributed by atoms with van der Waals surface area (Å²) in [5, 5.41) is 0. The first-order valence-electron chi connectivity index (χ1n) is 6.24.